The van der Waals surface area contributed by atoms with Crippen LogP contribution in [0.5, 0.6) is 0 Å². The third kappa shape index (κ3) is 0.988. The molecule has 1 nitrogen and oxygen atoms in total. The van der Waals surface area contributed by atoms with Gasteiger partial charge < -0.3 is 4.74 Å². The van der Waals surface area contributed by atoms with E-state index >= 15 is 0 Å². The Bertz CT molecular complexity index is 275. The molecule has 15 heavy (non-hydrogen) atoms. The van der Waals surface area contributed by atoms with Gasteiger partial charge in [0.25, 0.3) is 0 Å². The fraction of sp³-hybridized carbons (Fsp3) is 1.00. The summed E-state index contributed by atoms with van der Waals surface area (Å²) in [4.78, 5) is 0. The summed E-state index contributed by atoms with van der Waals surface area (Å²) in [7, 11) is 0. The molecule has 0 amide bonds. The van der Waals surface area contributed by atoms with Crippen molar-refractivity contribution in [2.24, 2.45) is 16.7 Å². The molecule has 0 aromatic heterocycles. The molecule has 2 saturated carbocycles. The van der Waals surface area contributed by atoms with Crippen molar-refractivity contribution in [1.29, 1.82) is 0 Å². The number of ether oxygens (including phenoxy) is 1. The number of hydrogen-bond acceptors (Lipinski definition) is 1. The van der Waals surface area contributed by atoms with E-state index in [1.54, 1.807) is 0 Å². The van der Waals surface area contributed by atoms with Gasteiger partial charge in [-0.1, -0.05) is 20.8 Å². The van der Waals surface area contributed by atoms with Gasteiger partial charge in [-0.2, -0.15) is 0 Å². The molecule has 3 rings (SSSR count). The van der Waals surface area contributed by atoms with Gasteiger partial charge in [0.05, 0.1) is 5.60 Å². The van der Waals surface area contributed by atoms with Crippen molar-refractivity contribution < 1.29 is 4.74 Å². The van der Waals surface area contributed by atoms with Crippen LogP contribution >= 0.6 is 0 Å². The third-order valence-electron chi connectivity index (χ3n) is 6.37. The smallest absolute Gasteiger partial charge is 0.0743 e. The zero-order valence-corrected chi connectivity index (χ0v) is 10.4. The molecule has 2 bridgehead atoms. The SMILES string of the molecule is CC1(C)[C@@H]2CC[C@@]1(C)[C@@]1(CCCCO1)C2. The summed E-state index contributed by atoms with van der Waals surface area (Å²) in [6.45, 7) is 8.48. The van der Waals surface area contributed by atoms with Crippen LogP contribution in [0.2, 0.25) is 0 Å². The van der Waals surface area contributed by atoms with Gasteiger partial charge in [0.1, 0.15) is 0 Å². The van der Waals surface area contributed by atoms with Crippen molar-refractivity contribution in [2.75, 3.05) is 6.61 Å². The molecule has 1 heterocycles. The molecular formula is C14H24O. The lowest BCUT2D eigenvalue weighted by molar-refractivity contribution is -0.161. The minimum absolute atomic E-state index is 0.262. The first kappa shape index (κ1) is 10.1. The second-order valence-electron chi connectivity index (χ2n) is 6.79. The van der Waals surface area contributed by atoms with Crippen LogP contribution in [0.1, 0.15) is 59.3 Å². The van der Waals surface area contributed by atoms with E-state index in [1.807, 2.05) is 0 Å². The van der Waals surface area contributed by atoms with Crippen LogP contribution in [-0.4, -0.2) is 12.2 Å². The molecule has 3 atom stereocenters. The van der Waals surface area contributed by atoms with Gasteiger partial charge in [0.15, 0.2) is 0 Å². The Labute approximate surface area is 93.6 Å². The molecule has 0 N–H and O–H groups in total. The van der Waals surface area contributed by atoms with Crippen LogP contribution in [0.15, 0.2) is 0 Å². The highest BCUT2D eigenvalue weighted by atomic mass is 16.5. The van der Waals surface area contributed by atoms with E-state index in [2.05, 4.69) is 20.8 Å². The molecule has 3 fully saturated rings. The maximum absolute atomic E-state index is 6.30. The lowest BCUT2D eigenvalue weighted by Gasteiger charge is -2.50. The zero-order valence-electron chi connectivity index (χ0n) is 10.4. The van der Waals surface area contributed by atoms with Gasteiger partial charge in [0, 0.05) is 12.0 Å². The molecule has 0 unspecified atom stereocenters. The molecule has 1 heteroatoms. The van der Waals surface area contributed by atoms with Crippen LogP contribution in [0.3, 0.4) is 0 Å². The maximum Gasteiger partial charge on any atom is 0.0743 e. The van der Waals surface area contributed by atoms with Crippen molar-refractivity contribution in [3.8, 4) is 0 Å². The summed E-state index contributed by atoms with van der Waals surface area (Å²) >= 11 is 0. The van der Waals surface area contributed by atoms with Crippen molar-refractivity contribution >= 4 is 0 Å². The van der Waals surface area contributed by atoms with Gasteiger partial charge in [-0.3, -0.25) is 0 Å². The summed E-state index contributed by atoms with van der Waals surface area (Å²) < 4.78 is 6.30. The normalized spacial score (nSPS) is 52.6. The minimum atomic E-state index is 0.262. The van der Waals surface area contributed by atoms with Crippen molar-refractivity contribution in [3.05, 3.63) is 0 Å². The Balaban J connectivity index is 2.00. The molecule has 1 saturated heterocycles. The quantitative estimate of drug-likeness (QED) is 0.589. The highest BCUT2D eigenvalue weighted by Gasteiger charge is 2.69. The van der Waals surface area contributed by atoms with Crippen LogP contribution in [0.25, 0.3) is 0 Å². The maximum atomic E-state index is 6.30. The summed E-state index contributed by atoms with van der Waals surface area (Å²) in [6.07, 6.45) is 8.17. The average molecular weight is 208 g/mol. The van der Waals surface area contributed by atoms with Crippen molar-refractivity contribution in [3.63, 3.8) is 0 Å². The number of fused-ring (bicyclic) bond motifs is 3. The largest absolute Gasteiger partial charge is 0.374 e. The highest BCUT2D eigenvalue weighted by Crippen LogP contribution is 2.72. The van der Waals surface area contributed by atoms with Crippen LogP contribution < -0.4 is 0 Å². The first-order valence-electron chi connectivity index (χ1n) is 6.66. The van der Waals surface area contributed by atoms with Crippen molar-refractivity contribution in [2.45, 2.75) is 64.9 Å². The van der Waals surface area contributed by atoms with E-state index in [1.165, 1.54) is 38.5 Å². The summed E-state index contributed by atoms with van der Waals surface area (Å²) in [5.74, 6) is 0.917. The van der Waals surface area contributed by atoms with E-state index in [9.17, 15) is 0 Å². The predicted molar refractivity (Wildman–Crippen MR) is 61.8 cm³/mol. The molecule has 2 aliphatic carbocycles. The Kier molecular flexibility index (Phi) is 1.89. The summed E-state index contributed by atoms with van der Waals surface area (Å²) in [6, 6.07) is 0. The standard InChI is InChI=1S/C14H24O/c1-12(2)11-6-8-13(12,3)14(10-11)7-4-5-9-15-14/h11H,4-10H2,1-3H3/t11-,13-,14-/m1/s1. The lowest BCUT2D eigenvalue weighted by atomic mass is 9.62. The molecule has 1 aliphatic heterocycles. The zero-order chi connectivity index (χ0) is 10.7. The van der Waals surface area contributed by atoms with E-state index in [0.29, 0.717) is 10.8 Å². The Morgan fingerprint density at radius 3 is 2.33 bits per heavy atom. The van der Waals surface area contributed by atoms with E-state index in [4.69, 9.17) is 4.74 Å². The first-order valence-corrected chi connectivity index (χ1v) is 6.66. The van der Waals surface area contributed by atoms with E-state index in [-0.39, 0.29) is 5.60 Å². The van der Waals surface area contributed by atoms with E-state index < -0.39 is 0 Å². The fourth-order valence-corrected chi connectivity index (χ4v) is 4.84. The lowest BCUT2D eigenvalue weighted by Crippen LogP contribution is -2.50. The van der Waals surface area contributed by atoms with Crippen LogP contribution in [0.4, 0.5) is 0 Å². The second kappa shape index (κ2) is 2.80. The molecule has 0 aromatic carbocycles. The highest BCUT2D eigenvalue weighted by molar-refractivity contribution is 5.18. The minimum Gasteiger partial charge on any atom is -0.374 e. The van der Waals surface area contributed by atoms with Crippen molar-refractivity contribution in [1.82, 2.24) is 0 Å². The van der Waals surface area contributed by atoms with Gasteiger partial charge in [-0.05, 0) is 49.9 Å². The molecule has 86 valence electrons. The molecule has 1 spiro atoms. The molecule has 0 radical (unpaired) electrons. The van der Waals surface area contributed by atoms with Gasteiger partial charge in [-0.25, -0.2) is 0 Å². The number of hydrogen-bond donors (Lipinski definition) is 0. The number of rotatable bonds is 0. The topological polar surface area (TPSA) is 9.23 Å². The Morgan fingerprint density at radius 1 is 1.07 bits per heavy atom. The monoisotopic (exact) mass is 208 g/mol. The predicted octanol–water partition coefficient (Wildman–Crippen LogP) is 3.77. The average Bonchev–Trinajstić information content (AvgIpc) is 2.51. The van der Waals surface area contributed by atoms with Gasteiger partial charge >= 0.3 is 0 Å². The third-order valence-corrected chi connectivity index (χ3v) is 6.37. The fourth-order valence-electron chi connectivity index (χ4n) is 4.84. The van der Waals surface area contributed by atoms with Crippen LogP contribution in [-0.2, 0) is 4.74 Å². The Morgan fingerprint density at radius 2 is 1.87 bits per heavy atom. The molecule has 3 aliphatic rings. The Hall–Kier alpha value is -0.0400. The van der Waals surface area contributed by atoms with Gasteiger partial charge in [-0.15, -0.1) is 0 Å². The van der Waals surface area contributed by atoms with E-state index in [0.717, 1.165) is 12.5 Å². The molecular weight excluding hydrogens is 184 g/mol. The first-order chi connectivity index (χ1) is 7.02. The second-order valence-corrected chi connectivity index (χ2v) is 6.79. The van der Waals surface area contributed by atoms with Gasteiger partial charge in [0.2, 0.25) is 0 Å². The summed E-state index contributed by atoms with van der Waals surface area (Å²) in [5.41, 5.74) is 1.22. The summed E-state index contributed by atoms with van der Waals surface area (Å²) in [5, 5.41) is 0. The molecule has 0 aromatic rings. The van der Waals surface area contributed by atoms with Crippen LogP contribution in [0, 0.1) is 16.7 Å².